The summed E-state index contributed by atoms with van der Waals surface area (Å²) in [5, 5.41) is 10.5. The standard InChI is InChI=1S/C15H19NO2/c1-5-10-8-16(4)14-12(10)6-11(9(2)3)7-13(14)15(17)18/h6-9H,5H2,1-4H3,(H,17,18). The lowest BCUT2D eigenvalue weighted by Crippen LogP contribution is -2.02. The van der Waals surface area contributed by atoms with E-state index in [4.69, 9.17) is 0 Å². The first kappa shape index (κ1) is 12.7. The van der Waals surface area contributed by atoms with Crippen LogP contribution in [0.4, 0.5) is 0 Å². The van der Waals surface area contributed by atoms with E-state index in [1.165, 1.54) is 5.56 Å². The average Bonchev–Trinajstić information content (AvgIpc) is 2.65. The minimum absolute atomic E-state index is 0.331. The normalized spacial score (nSPS) is 11.4. The molecule has 1 heterocycles. The van der Waals surface area contributed by atoms with Crippen molar-refractivity contribution >= 4 is 16.9 Å². The molecule has 1 N–H and O–H groups in total. The molecule has 0 unspecified atom stereocenters. The fourth-order valence-corrected chi connectivity index (χ4v) is 2.43. The molecule has 0 amide bonds. The SMILES string of the molecule is CCc1cn(C)c2c(C(=O)O)cc(C(C)C)cc12. The lowest BCUT2D eigenvalue weighted by atomic mass is 9.96. The molecule has 0 aliphatic heterocycles. The third-order valence-corrected chi connectivity index (χ3v) is 3.46. The minimum atomic E-state index is -0.855. The Kier molecular flexibility index (Phi) is 3.16. The number of carboxylic acid groups (broad SMARTS) is 1. The van der Waals surface area contributed by atoms with Gasteiger partial charge in [0.25, 0.3) is 0 Å². The van der Waals surface area contributed by atoms with Gasteiger partial charge in [-0.05, 0) is 35.6 Å². The molecule has 3 nitrogen and oxygen atoms in total. The molecular weight excluding hydrogens is 226 g/mol. The predicted molar refractivity (Wildman–Crippen MR) is 73.3 cm³/mol. The van der Waals surface area contributed by atoms with E-state index in [1.54, 1.807) is 6.07 Å². The molecule has 0 bridgehead atoms. The average molecular weight is 245 g/mol. The Hall–Kier alpha value is -1.77. The van der Waals surface area contributed by atoms with E-state index in [0.29, 0.717) is 11.5 Å². The maximum absolute atomic E-state index is 11.4. The highest BCUT2D eigenvalue weighted by molar-refractivity contribution is 6.03. The summed E-state index contributed by atoms with van der Waals surface area (Å²) in [4.78, 5) is 11.4. The maximum atomic E-state index is 11.4. The van der Waals surface area contributed by atoms with Crippen molar-refractivity contribution in [2.24, 2.45) is 7.05 Å². The summed E-state index contributed by atoms with van der Waals surface area (Å²) in [6.45, 7) is 6.26. The van der Waals surface area contributed by atoms with Gasteiger partial charge in [0, 0.05) is 18.6 Å². The van der Waals surface area contributed by atoms with Crippen LogP contribution in [0.3, 0.4) is 0 Å². The molecule has 2 aromatic rings. The third-order valence-electron chi connectivity index (χ3n) is 3.46. The fourth-order valence-electron chi connectivity index (χ4n) is 2.43. The smallest absolute Gasteiger partial charge is 0.337 e. The van der Waals surface area contributed by atoms with Gasteiger partial charge in [-0.15, -0.1) is 0 Å². The van der Waals surface area contributed by atoms with Gasteiger partial charge in [0.15, 0.2) is 0 Å². The Bertz CT molecular complexity index is 608. The quantitative estimate of drug-likeness (QED) is 0.898. The molecule has 96 valence electrons. The second kappa shape index (κ2) is 4.48. The van der Waals surface area contributed by atoms with E-state index in [1.807, 2.05) is 17.8 Å². The number of aromatic nitrogens is 1. The highest BCUT2D eigenvalue weighted by Crippen LogP contribution is 2.29. The molecule has 18 heavy (non-hydrogen) atoms. The van der Waals surface area contributed by atoms with E-state index in [-0.39, 0.29) is 0 Å². The van der Waals surface area contributed by atoms with Crippen molar-refractivity contribution in [1.82, 2.24) is 4.57 Å². The summed E-state index contributed by atoms with van der Waals surface area (Å²) in [5.74, 6) is -0.524. The molecule has 0 aliphatic carbocycles. The summed E-state index contributed by atoms with van der Waals surface area (Å²) in [6.07, 6.45) is 2.94. The van der Waals surface area contributed by atoms with Crippen LogP contribution >= 0.6 is 0 Å². The first-order valence-corrected chi connectivity index (χ1v) is 6.30. The Morgan fingerprint density at radius 3 is 2.56 bits per heavy atom. The molecule has 0 atom stereocenters. The third kappa shape index (κ3) is 1.90. The van der Waals surface area contributed by atoms with Crippen molar-refractivity contribution in [3.05, 3.63) is 35.0 Å². The number of aromatic carboxylic acids is 1. The molecule has 0 radical (unpaired) electrons. The molecule has 0 saturated heterocycles. The van der Waals surface area contributed by atoms with Crippen molar-refractivity contribution in [2.45, 2.75) is 33.1 Å². The molecule has 0 aliphatic rings. The van der Waals surface area contributed by atoms with Crippen LogP contribution < -0.4 is 0 Å². The van der Waals surface area contributed by atoms with Crippen LogP contribution in [-0.2, 0) is 13.5 Å². The van der Waals surface area contributed by atoms with E-state index in [9.17, 15) is 9.90 Å². The summed E-state index contributed by atoms with van der Waals surface area (Å²) in [7, 11) is 1.91. The number of carbonyl (C=O) groups is 1. The summed E-state index contributed by atoms with van der Waals surface area (Å²) in [5.41, 5.74) is 3.51. The molecule has 1 aromatic carbocycles. The minimum Gasteiger partial charge on any atom is -0.478 e. The lowest BCUT2D eigenvalue weighted by molar-refractivity contribution is 0.0698. The van der Waals surface area contributed by atoms with E-state index in [2.05, 4.69) is 26.8 Å². The molecule has 3 heteroatoms. The maximum Gasteiger partial charge on any atom is 0.337 e. The van der Waals surface area contributed by atoms with Crippen molar-refractivity contribution < 1.29 is 9.90 Å². The van der Waals surface area contributed by atoms with Gasteiger partial charge in [0.2, 0.25) is 0 Å². The zero-order chi connectivity index (χ0) is 13.4. The van der Waals surface area contributed by atoms with Crippen LogP contribution in [0.25, 0.3) is 10.9 Å². The van der Waals surface area contributed by atoms with Crippen LogP contribution in [0.1, 0.15) is 48.2 Å². The van der Waals surface area contributed by atoms with Crippen molar-refractivity contribution in [2.75, 3.05) is 0 Å². The zero-order valence-electron chi connectivity index (χ0n) is 11.3. The van der Waals surface area contributed by atoms with E-state index >= 15 is 0 Å². The zero-order valence-corrected chi connectivity index (χ0v) is 11.3. The second-order valence-electron chi connectivity index (χ2n) is 5.04. The highest BCUT2D eigenvalue weighted by atomic mass is 16.4. The van der Waals surface area contributed by atoms with Crippen LogP contribution in [0.15, 0.2) is 18.3 Å². The van der Waals surface area contributed by atoms with Gasteiger partial charge in [-0.25, -0.2) is 4.79 Å². The van der Waals surface area contributed by atoms with Crippen LogP contribution in [0.2, 0.25) is 0 Å². The Morgan fingerprint density at radius 1 is 1.39 bits per heavy atom. The number of carboxylic acids is 1. The lowest BCUT2D eigenvalue weighted by Gasteiger charge is -2.09. The first-order valence-electron chi connectivity index (χ1n) is 6.30. The number of benzene rings is 1. The van der Waals surface area contributed by atoms with Gasteiger partial charge >= 0.3 is 5.97 Å². The summed E-state index contributed by atoms with van der Waals surface area (Å²) < 4.78 is 1.92. The Morgan fingerprint density at radius 2 is 2.06 bits per heavy atom. The number of hydrogen-bond donors (Lipinski definition) is 1. The van der Waals surface area contributed by atoms with Crippen LogP contribution in [-0.4, -0.2) is 15.6 Å². The van der Waals surface area contributed by atoms with E-state index < -0.39 is 5.97 Å². The Balaban J connectivity index is 2.87. The number of aryl methyl sites for hydroxylation is 2. The summed E-state index contributed by atoms with van der Waals surface area (Å²) >= 11 is 0. The number of hydrogen-bond acceptors (Lipinski definition) is 1. The van der Waals surface area contributed by atoms with Gasteiger partial charge in [-0.2, -0.15) is 0 Å². The number of fused-ring (bicyclic) bond motifs is 1. The van der Waals surface area contributed by atoms with Crippen molar-refractivity contribution in [3.63, 3.8) is 0 Å². The Labute approximate surface area is 107 Å². The molecular formula is C15H19NO2. The van der Waals surface area contributed by atoms with Crippen molar-refractivity contribution in [3.8, 4) is 0 Å². The molecule has 2 rings (SSSR count). The predicted octanol–water partition coefficient (Wildman–Crippen LogP) is 3.56. The van der Waals surface area contributed by atoms with Crippen molar-refractivity contribution in [1.29, 1.82) is 0 Å². The largest absolute Gasteiger partial charge is 0.478 e. The molecule has 0 spiro atoms. The molecule has 0 saturated carbocycles. The number of nitrogens with zero attached hydrogens (tertiary/aromatic N) is 1. The molecule has 0 fully saturated rings. The second-order valence-corrected chi connectivity index (χ2v) is 5.04. The van der Waals surface area contributed by atoms with Gasteiger partial charge in [-0.3, -0.25) is 0 Å². The van der Waals surface area contributed by atoms with Gasteiger partial charge in [0.05, 0.1) is 11.1 Å². The monoisotopic (exact) mass is 245 g/mol. The highest BCUT2D eigenvalue weighted by Gasteiger charge is 2.17. The topological polar surface area (TPSA) is 42.2 Å². The van der Waals surface area contributed by atoms with Crippen LogP contribution in [0.5, 0.6) is 0 Å². The molecule has 1 aromatic heterocycles. The van der Waals surface area contributed by atoms with Gasteiger partial charge in [0.1, 0.15) is 0 Å². The van der Waals surface area contributed by atoms with Gasteiger partial charge < -0.3 is 9.67 Å². The number of rotatable bonds is 3. The van der Waals surface area contributed by atoms with Crippen LogP contribution in [0, 0.1) is 0 Å². The van der Waals surface area contributed by atoms with E-state index in [0.717, 1.165) is 22.9 Å². The van der Waals surface area contributed by atoms with Gasteiger partial charge in [-0.1, -0.05) is 20.8 Å². The fraction of sp³-hybridized carbons (Fsp3) is 0.400. The summed E-state index contributed by atoms with van der Waals surface area (Å²) in [6, 6.07) is 3.93. The first-order chi connectivity index (χ1) is 8.45.